The molecule has 1 aliphatic rings. The molecule has 1 amide bonds. The highest BCUT2D eigenvalue weighted by Crippen LogP contribution is 2.29. The molecule has 1 fully saturated rings. The van der Waals surface area contributed by atoms with Crippen molar-refractivity contribution in [3.8, 4) is 22.6 Å². The fraction of sp³-hybridized carbons (Fsp3) is 0.292. The second-order valence-electron chi connectivity index (χ2n) is 8.02. The molecule has 0 bridgehead atoms. The smallest absolute Gasteiger partial charge is 0.225 e. The summed E-state index contributed by atoms with van der Waals surface area (Å²) in [4.78, 5) is 28.5. The Kier molecular flexibility index (Phi) is 6.05. The molecule has 0 spiro atoms. The highest BCUT2D eigenvalue weighted by atomic mass is 16.5. The topological polar surface area (TPSA) is 109 Å². The van der Waals surface area contributed by atoms with Crippen molar-refractivity contribution in [2.75, 3.05) is 38.2 Å². The van der Waals surface area contributed by atoms with Crippen LogP contribution in [0.2, 0.25) is 0 Å². The van der Waals surface area contributed by atoms with Crippen LogP contribution in [0.4, 0.5) is 5.69 Å². The first-order valence-electron chi connectivity index (χ1n) is 11.0. The van der Waals surface area contributed by atoms with Crippen LogP contribution < -0.4 is 5.32 Å². The summed E-state index contributed by atoms with van der Waals surface area (Å²) in [6.45, 7) is 5.85. The predicted octanol–water partition coefficient (Wildman–Crippen LogP) is 3.05. The summed E-state index contributed by atoms with van der Waals surface area (Å²) < 4.78 is 5.35. The average Bonchev–Trinajstić information content (AvgIpc) is 3.33. The minimum atomic E-state index is -0.0403. The van der Waals surface area contributed by atoms with E-state index in [1.165, 1.54) is 0 Å². The zero-order valence-electron chi connectivity index (χ0n) is 18.4. The van der Waals surface area contributed by atoms with Crippen molar-refractivity contribution in [3.63, 3.8) is 0 Å². The first-order valence-corrected chi connectivity index (χ1v) is 11.0. The van der Waals surface area contributed by atoms with Crippen molar-refractivity contribution in [2.45, 2.75) is 13.3 Å². The van der Waals surface area contributed by atoms with Crippen molar-refractivity contribution in [2.24, 2.45) is 0 Å². The van der Waals surface area contributed by atoms with E-state index in [0.717, 1.165) is 66.7 Å². The summed E-state index contributed by atoms with van der Waals surface area (Å²) in [6.07, 6.45) is 3.90. The van der Waals surface area contributed by atoms with Crippen LogP contribution in [-0.4, -0.2) is 68.8 Å². The lowest BCUT2D eigenvalue weighted by Gasteiger charge is -2.26. The maximum absolute atomic E-state index is 12.4. The third-order valence-corrected chi connectivity index (χ3v) is 5.63. The van der Waals surface area contributed by atoms with Crippen LogP contribution in [0, 0.1) is 6.92 Å². The normalized spacial score (nSPS) is 14.5. The van der Waals surface area contributed by atoms with E-state index < -0.39 is 0 Å². The fourth-order valence-electron chi connectivity index (χ4n) is 3.89. The number of pyridine rings is 3. The standard InChI is InChI=1S/C24H25N7O2/c1-16-3-2-4-21(27-16)24-18(15-26-30-24)19-5-6-20-22(29-19)13-17(14-25-20)28-23(32)7-8-31-9-11-33-12-10-31/h2-6,13-15H,7-12H2,1H3,(H,26,30)(H,28,32). The molecule has 5 heterocycles. The lowest BCUT2D eigenvalue weighted by Crippen LogP contribution is -2.38. The number of H-pyrrole nitrogens is 1. The third-order valence-electron chi connectivity index (χ3n) is 5.63. The van der Waals surface area contributed by atoms with Gasteiger partial charge in [-0.15, -0.1) is 0 Å². The summed E-state index contributed by atoms with van der Waals surface area (Å²) in [5.41, 5.74) is 6.14. The number of carbonyl (C=O) groups is 1. The Morgan fingerprint density at radius 3 is 2.85 bits per heavy atom. The molecule has 0 saturated carbocycles. The molecule has 0 aliphatic carbocycles. The van der Waals surface area contributed by atoms with Crippen molar-refractivity contribution in [1.82, 2.24) is 30.0 Å². The number of aromatic nitrogens is 5. The molecule has 0 unspecified atom stereocenters. The number of hydrogen-bond donors (Lipinski definition) is 2. The molecule has 9 heteroatoms. The number of fused-ring (bicyclic) bond motifs is 1. The maximum Gasteiger partial charge on any atom is 0.225 e. The Balaban J connectivity index is 1.34. The quantitative estimate of drug-likeness (QED) is 0.471. The molecule has 0 aromatic carbocycles. The van der Waals surface area contributed by atoms with Crippen LogP contribution in [0.25, 0.3) is 33.7 Å². The molecular formula is C24H25N7O2. The summed E-state index contributed by atoms with van der Waals surface area (Å²) in [5.74, 6) is -0.0403. The van der Waals surface area contributed by atoms with Gasteiger partial charge in [0, 0.05) is 43.5 Å². The van der Waals surface area contributed by atoms with E-state index in [9.17, 15) is 4.79 Å². The lowest BCUT2D eigenvalue weighted by molar-refractivity contribution is -0.116. The van der Waals surface area contributed by atoms with E-state index in [-0.39, 0.29) is 5.91 Å². The van der Waals surface area contributed by atoms with Crippen LogP contribution in [-0.2, 0) is 9.53 Å². The maximum atomic E-state index is 12.4. The average molecular weight is 444 g/mol. The summed E-state index contributed by atoms with van der Waals surface area (Å²) in [7, 11) is 0. The summed E-state index contributed by atoms with van der Waals surface area (Å²) >= 11 is 0. The van der Waals surface area contributed by atoms with Gasteiger partial charge >= 0.3 is 0 Å². The zero-order valence-corrected chi connectivity index (χ0v) is 18.4. The van der Waals surface area contributed by atoms with E-state index in [1.54, 1.807) is 6.20 Å². The molecule has 2 N–H and O–H groups in total. The first kappa shape index (κ1) is 21.2. The second-order valence-corrected chi connectivity index (χ2v) is 8.02. The predicted molar refractivity (Wildman–Crippen MR) is 126 cm³/mol. The number of carbonyl (C=O) groups excluding carboxylic acids is 1. The lowest BCUT2D eigenvalue weighted by atomic mass is 10.1. The highest BCUT2D eigenvalue weighted by Gasteiger charge is 2.15. The monoisotopic (exact) mass is 443 g/mol. The largest absolute Gasteiger partial charge is 0.379 e. The van der Waals surface area contributed by atoms with Gasteiger partial charge in [-0.05, 0) is 37.3 Å². The zero-order chi connectivity index (χ0) is 22.6. The number of morpholine rings is 1. The van der Waals surface area contributed by atoms with Gasteiger partial charge in [0.2, 0.25) is 5.91 Å². The van der Waals surface area contributed by atoms with Gasteiger partial charge in [0.15, 0.2) is 0 Å². The van der Waals surface area contributed by atoms with E-state index >= 15 is 0 Å². The second kappa shape index (κ2) is 9.43. The van der Waals surface area contributed by atoms with Gasteiger partial charge in [-0.25, -0.2) is 4.98 Å². The van der Waals surface area contributed by atoms with E-state index in [0.29, 0.717) is 17.6 Å². The fourth-order valence-corrected chi connectivity index (χ4v) is 3.89. The number of amides is 1. The molecule has 1 aliphatic heterocycles. The summed E-state index contributed by atoms with van der Waals surface area (Å²) in [5, 5.41) is 10.3. The van der Waals surface area contributed by atoms with Gasteiger partial charge < -0.3 is 10.1 Å². The van der Waals surface area contributed by atoms with Crippen LogP contribution in [0.15, 0.2) is 48.8 Å². The number of hydrogen-bond acceptors (Lipinski definition) is 7. The number of nitrogens with zero attached hydrogens (tertiary/aromatic N) is 5. The minimum Gasteiger partial charge on any atom is -0.379 e. The van der Waals surface area contributed by atoms with Crippen molar-refractivity contribution in [1.29, 1.82) is 0 Å². The number of anilines is 1. The number of nitrogens with one attached hydrogen (secondary N) is 2. The van der Waals surface area contributed by atoms with Gasteiger partial charge in [0.25, 0.3) is 0 Å². The van der Waals surface area contributed by atoms with E-state index in [2.05, 4.69) is 30.4 Å². The van der Waals surface area contributed by atoms with E-state index in [4.69, 9.17) is 9.72 Å². The minimum absolute atomic E-state index is 0.0403. The highest BCUT2D eigenvalue weighted by molar-refractivity contribution is 5.93. The molecule has 168 valence electrons. The number of rotatable bonds is 6. The molecule has 5 rings (SSSR count). The SMILES string of the molecule is Cc1cccc(-c2n[nH]cc2-c2ccc3ncc(NC(=O)CCN4CCOCC4)cc3n2)n1. The van der Waals surface area contributed by atoms with Crippen LogP contribution in [0.3, 0.4) is 0 Å². The number of aryl methyl sites for hydroxylation is 1. The van der Waals surface area contributed by atoms with Gasteiger partial charge in [-0.2, -0.15) is 5.10 Å². The number of ether oxygens (including phenoxy) is 1. The van der Waals surface area contributed by atoms with Gasteiger partial charge in [-0.1, -0.05) is 6.07 Å². The van der Waals surface area contributed by atoms with Gasteiger partial charge in [0.1, 0.15) is 5.69 Å². The third kappa shape index (κ3) is 4.89. The van der Waals surface area contributed by atoms with Crippen LogP contribution in [0.5, 0.6) is 0 Å². The van der Waals surface area contributed by atoms with Crippen molar-refractivity contribution in [3.05, 3.63) is 54.5 Å². The molecule has 33 heavy (non-hydrogen) atoms. The molecule has 1 saturated heterocycles. The van der Waals surface area contributed by atoms with Crippen molar-refractivity contribution < 1.29 is 9.53 Å². The Bertz CT molecular complexity index is 1280. The summed E-state index contributed by atoms with van der Waals surface area (Å²) in [6, 6.07) is 11.5. The molecule has 9 nitrogen and oxygen atoms in total. The van der Waals surface area contributed by atoms with Crippen LogP contribution in [0.1, 0.15) is 12.1 Å². The van der Waals surface area contributed by atoms with Crippen molar-refractivity contribution >= 4 is 22.6 Å². The van der Waals surface area contributed by atoms with Crippen LogP contribution >= 0.6 is 0 Å². The van der Waals surface area contributed by atoms with Gasteiger partial charge in [-0.3, -0.25) is 24.8 Å². The molecule has 0 radical (unpaired) electrons. The first-order chi connectivity index (χ1) is 16.2. The Morgan fingerprint density at radius 1 is 1.12 bits per heavy atom. The Hall–Kier alpha value is -3.69. The molecule has 4 aromatic rings. The Morgan fingerprint density at radius 2 is 2.00 bits per heavy atom. The Labute approximate surface area is 191 Å². The van der Waals surface area contributed by atoms with E-state index in [1.807, 2.05) is 49.5 Å². The molecule has 4 aromatic heterocycles. The van der Waals surface area contributed by atoms with Gasteiger partial charge in [0.05, 0.1) is 47.5 Å². The molecule has 0 atom stereocenters. The number of aromatic amines is 1. The molecular weight excluding hydrogens is 418 g/mol.